The van der Waals surface area contributed by atoms with E-state index in [2.05, 4.69) is 27.1 Å². The van der Waals surface area contributed by atoms with Crippen molar-refractivity contribution in [2.75, 3.05) is 13.1 Å². The Morgan fingerprint density at radius 2 is 2.17 bits per heavy atom. The van der Waals surface area contributed by atoms with Crippen LogP contribution in [0.2, 0.25) is 0 Å². The number of amides is 3. The summed E-state index contributed by atoms with van der Waals surface area (Å²) in [6.07, 6.45) is 4.09. The molecule has 2 rings (SSSR count). The van der Waals surface area contributed by atoms with Crippen molar-refractivity contribution in [3.8, 4) is 0 Å². The normalized spacial score (nSPS) is 19.5. The number of urea groups is 1. The Kier molecular flexibility index (Phi) is 5.51. The van der Waals surface area contributed by atoms with Crippen LogP contribution in [-0.2, 0) is 11.3 Å². The van der Waals surface area contributed by atoms with Gasteiger partial charge in [-0.25, -0.2) is 9.78 Å². The summed E-state index contributed by atoms with van der Waals surface area (Å²) in [4.78, 5) is 30.1. The molecule has 24 heavy (non-hydrogen) atoms. The van der Waals surface area contributed by atoms with Crippen LogP contribution >= 0.6 is 0 Å². The summed E-state index contributed by atoms with van der Waals surface area (Å²) in [6, 6.07) is -0.333. The van der Waals surface area contributed by atoms with Gasteiger partial charge in [-0.15, -0.1) is 0 Å². The van der Waals surface area contributed by atoms with Gasteiger partial charge in [-0.05, 0) is 33.6 Å². The fraction of sp³-hybridized carbons (Fsp3) is 0.706. The number of nitrogens with zero attached hydrogens (tertiary/aromatic N) is 3. The number of aryl methyl sites for hydroxylation is 1. The first kappa shape index (κ1) is 18.3. The number of carbonyl (C=O) groups excluding carboxylic acids is 2. The number of nitrogens with one attached hydrogen (secondary N) is 2. The van der Waals surface area contributed by atoms with Crippen LogP contribution in [0.4, 0.5) is 4.79 Å². The van der Waals surface area contributed by atoms with Crippen molar-refractivity contribution in [3.05, 3.63) is 18.2 Å². The minimum Gasteiger partial charge on any atom is -0.338 e. The largest absolute Gasteiger partial charge is 0.338 e. The highest BCUT2D eigenvalue weighted by atomic mass is 16.2. The third kappa shape index (κ3) is 4.72. The lowest BCUT2D eigenvalue weighted by molar-refractivity contribution is -0.131. The quantitative estimate of drug-likeness (QED) is 0.856. The van der Waals surface area contributed by atoms with E-state index in [9.17, 15) is 9.59 Å². The van der Waals surface area contributed by atoms with Gasteiger partial charge in [0.05, 0.1) is 6.04 Å². The van der Waals surface area contributed by atoms with E-state index in [1.807, 2.05) is 38.8 Å². The van der Waals surface area contributed by atoms with E-state index in [4.69, 9.17) is 0 Å². The first-order chi connectivity index (χ1) is 11.2. The topological polar surface area (TPSA) is 79.3 Å². The molecule has 7 nitrogen and oxygen atoms in total. The monoisotopic (exact) mass is 335 g/mol. The van der Waals surface area contributed by atoms with E-state index in [0.29, 0.717) is 25.4 Å². The zero-order valence-electron chi connectivity index (χ0n) is 15.3. The van der Waals surface area contributed by atoms with Crippen LogP contribution in [0.1, 0.15) is 39.9 Å². The lowest BCUT2D eigenvalue weighted by Gasteiger charge is -2.32. The molecule has 1 aromatic heterocycles. The third-order valence-electron chi connectivity index (χ3n) is 4.31. The number of aromatic nitrogens is 2. The maximum Gasteiger partial charge on any atom is 0.315 e. The van der Waals surface area contributed by atoms with Crippen LogP contribution in [0.15, 0.2) is 12.4 Å². The molecule has 0 saturated carbocycles. The van der Waals surface area contributed by atoms with Crippen molar-refractivity contribution in [3.63, 3.8) is 0 Å². The highest BCUT2D eigenvalue weighted by Crippen LogP contribution is 2.21. The van der Waals surface area contributed by atoms with E-state index in [1.54, 1.807) is 6.20 Å². The van der Waals surface area contributed by atoms with Crippen LogP contribution < -0.4 is 10.6 Å². The van der Waals surface area contributed by atoms with Gasteiger partial charge in [0.15, 0.2) is 0 Å². The summed E-state index contributed by atoms with van der Waals surface area (Å²) < 4.78 is 2.07. The molecule has 1 saturated heterocycles. The van der Waals surface area contributed by atoms with E-state index >= 15 is 0 Å². The molecule has 0 spiro atoms. The molecule has 3 amide bonds. The average molecular weight is 335 g/mol. The second-order valence-corrected chi connectivity index (χ2v) is 7.66. The first-order valence-corrected chi connectivity index (χ1v) is 8.49. The molecule has 2 heterocycles. The fourth-order valence-electron chi connectivity index (χ4n) is 2.95. The molecule has 134 valence electrons. The number of likely N-dealkylation sites (tertiary alicyclic amines) is 1. The van der Waals surface area contributed by atoms with Crippen LogP contribution in [0, 0.1) is 12.8 Å². The molecule has 1 fully saturated rings. The average Bonchev–Trinajstić information content (AvgIpc) is 3.03. The maximum atomic E-state index is 12.1. The van der Waals surface area contributed by atoms with Crippen molar-refractivity contribution >= 4 is 11.9 Å². The Balaban J connectivity index is 1.74. The van der Waals surface area contributed by atoms with Gasteiger partial charge in [0.1, 0.15) is 5.82 Å². The van der Waals surface area contributed by atoms with Crippen LogP contribution in [0.3, 0.4) is 0 Å². The fourth-order valence-corrected chi connectivity index (χ4v) is 2.95. The summed E-state index contributed by atoms with van der Waals surface area (Å²) in [5, 5.41) is 5.80. The zero-order chi connectivity index (χ0) is 17.9. The number of hydrogen-bond acceptors (Lipinski definition) is 3. The first-order valence-electron chi connectivity index (χ1n) is 8.49. The van der Waals surface area contributed by atoms with Crippen molar-refractivity contribution in [2.24, 2.45) is 5.92 Å². The standard InChI is InChI=1S/C17H29N5O2/c1-12(10-21-7-6-18-13(21)2)9-19-16(24)20-14-8-15(23)22(11-14)17(3,4)5/h6-7,12,14H,8-11H2,1-5H3,(H2,19,20,24)/t12-,14-/m0/s1. The van der Waals surface area contributed by atoms with Gasteiger partial charge in [-0.2, -0.15) is 0 Å². The summed E-state index contributed by atoms with van der Waals surface area (Å²) in [6.45, 7) is 12.0. The van der Waals surface area contributed by atoms with E-state index in [-0.39, 0.29) is 23.5 Å². The van der Waals surface area contributed by atoms with E-state index in [1.165, 1.54) is 0 Å². The SMILES string of the molecule is Cc1nccn1C[C@@H](C)CNC(=O)N[C@H]1CC(=O)N(C(C)(C)C)C1. The number of rotatable bonds is 5. The molecule has 0 bridgehead atoms. The minimum atomic E-state index is -0.210. The van der Waals surface area contributed by atoms with Crippen molar-refractivity contribution < 1.29 is 9.59 Å². The summed E-state index contributed by atoms with van der Waals surface area (Å²) in [5.74, 6) is 1.36. The summed E-state index contributed by atoms with van der Waals surface area (Å²) >= 11 is 0. The Morgan fingerprint density at radius 3 is 2.71 bits per heavy atom. The van der Waals surface area contributed by atoms with Gasteiger partial charge in [0.25, 0.3) is 0 Å². The van der Waals surface area contributed by atoms with Crippen molar-refractivity contribution in [2.45, 2.75) is 59.2 Å². The molecule has 0 aliphatic carbocycles. The molecule has 1 aromatic rings. The molecule has 7 heteroatoms. The number of carbonyl (C=O) groups is 2. The lowest BCUT2D eigenvalue weighted by Crippen LogP contribution is -2.47. The van der Waals surface area contributed by atoms with Crippen LogP contribution in [0.25, 0.3) is 0 Å². The Bertz CT molecular complexity index is 590. The number of imidazole rings is 1. The van der Waals surface area contributed by atoms with Gasteiger partial charge < -0.3 is 20.1 Å². The van der Waals surface area contributed by atoms with E-state index in [0.717, 1.165) is 12.4 Å². The molecule has 1 aliphatic heterocycles. The minimum absolute atomic E-state index is 0.0942. The van der Waals surface area contributed by atoms with Crippen molar-refractivity contribution in [1.29, 1.82) is 0 Å². The van der Waals surface area contributed by atoms with Gasteiger partial charge >= 0.3 is 6.03 Å². The Morgan fingerprint density at radius 1 is 1.46 bits per heavy atom. The van der Waals surface area contributed by atoms with Crippen LogP contribution in [-0.4, -0.2) is 51.1 Å². The molecule has 0 radical (unpaired) electrons. The molecule has 2 N–H and O–H groups in total. The highest BCUT2D eigenvalue weighted by molar-refractivity contribution is 5.82. The predicted molar refractivity (Wildman–Crippen MR) is 92.5 cm³/mol. The third-order valence-corrected chi connectivity index (χ3v) is 4.31. The van der Waals surface area contributed by atoms with Crippen LogP contribution in [0.5, 0.6) is 0 Å². The molecule has 1 aliphatic rings. The molecular formula is C17H29N5O2. The van der Waals surface area contributed by atoms with Gasteiger partial charge in [0.2, 0.25) is 5.91 Å². The molecular weight excluding hydrogens is 306 g/mol. The molecule has 0 aromatic carbocycles. The number of hydrogen-bond donors (Lipinski definition) is 2. The lowest BCUT2D eigenvalue weighted by atomic mass is 10.1. The van der Waals surface area contributed by atoms with Gasteiger partial charge in [-0.3, -0.25) is 4.79 Å². The molecule has 2 atom stereocenters. The predicted octanol–water partition coefficient (Wildman–Crippen LogP) is 1.53. The summed E-state index contributed by atoms with van der Waals surface area (Å²) in [5.41, 5.74) is -0.207. The maximum absolute atomic E-state index is 12.1. The zero-order valence-corrected chi connectivity index (χ0v) is 15.3. The van der Waals surface area contributed by atoms with E-state index < -0.39 is 0 Å². The Hall–Kier alpha value is -2.05. The highest BCUT2D eigenvalue weighted by Gasteiger charge is 2.36. The van der Waals surface area contributed by atoms with Gasteiger partial charge in [0, 0.05) is 44.0 Å². The van der Waals surface area contributed by atoms with Crippen molar-refractivity contribution in [1.82, 2.24) is 25.1 Å². The second kappa shape index (κ2) is 7.23. The van der Waals surface area contributed by atoms with Gasteiger partial charge in [-0.1, -0.05) is 6.92 Å². The smallest absolute Gasteiger partial charge is 0.315 e. The second-order valence-electron chi connectivity index (χ2n) is 7.66. The summed E-state index contributed by atoms with van der Waals surface area (Å²) in [7, 11) is 0. The Labute approximate surface area is 143 Å². The molecule has 0 unspecified atom stereocenters.